The maximum absolute atomic E-state index is 11.4. The molecule has 132 valence electrons. The summed E-state index contributed by atoms with van der Waals surface area (Å²) in [6.45, 7) is 0. The molecule has 0 unspecified atom stereocenters. The molecule has 0 spiro atoms. The maximum Gasteiger partial charge on any atom is 0.336 e. The second-order valence-electron chi connectivity index (χ2n) is 5.77. The lowest BCUT2D eigenvalue weighted by Crippen LogP contribution is -1.98. The Hall–Kier alpha value is -3.38. The fourth-order valence-electron chi connectivity index (χ4n) is 2.68. The zero-order chi connectivity index (χ0) is 18.6. The molecule has 0 aliphatic carbocycles. The van der Waals surface area contributed by atoms with Gasteiger partial charge in [0.25, 0.3) is 0 Å². The van der Waals surface area contributed by atoms with Crippen LogP contribution in [0.4, 0.5) is 0 Å². The standard InChI is InChI=1S/C21H15N3O2S/c25-21(26)18-6-1-2-7-19(18)27-17-10-12-24-16(13-17)14-23-20(24)9-8-15-5-3-4-11-22-15/h1-14H,(H,25,26)/b9-8+. The number of hydrogen-bond acceptors (Lipinski definition) is 4. The highest BCUT2D eigenvalue weighted by Gasteiger charge is 2.11. The van der Waals surface area contributed by atoms with Crippen molar-refractivity contribution < 1.29 is 9.90 Å². The van der Waals surface area contributed by atoms with Gasteiger partial charge >= 0.3 is 5.97 Å². The third-order valence-electron chi connectivity index (χ3n) is 3.97. The van der Waals surface area contributed by atoms with Gasteiger partial charge in [0, 0.05) is 22.2 Å². The summed E-state index contributed by atoms with van der Waals surface area (Å²) in [7, 11) is 0. The Morgan fingerprint density at radius 2 is 1.89 bits per heavy atom. The number of fused-ring (bicyclic) bond motifs is 1. The molecule has 1 aromatic carbocycles. The predicted octanol–water partition coefficient (Wildman–Crippen LogP) is 4.75. The molecule has 0 fully saturated rings. The molecule has 6 heteroatoms. The monoisotopic (exact) mass is 373 g/mol. The molecule has 0 amide bonds. The molecular formula is C21H15N3O2S. The van der Waals surface area contributed by atoms with Gasteiger partial charge in [-0.2, -0.15) is 0 Å². The largest absolute Gasteiger partial charge is 0.478 e. The van der Waals surface area contributed by atoms with Crippen LogP contribution < -0.4 is 0 Å². The van der Waals surface area contributed by atoms with Crippen LogP contribution in [0.15, 0.2) is 83.0 Å². The molecule has 3 heterocycles. The first-order valence-corrected chi connectivity index (χ1v) is 9.09. The number of carbonyl (C=O) groups is 1. The van der Waals surface area contributed by atoms with Crippen LogP contribution in [0.2, 0.25) is 0 Å². The molecule has 0 bridgehead atoms. The van der Waals surface area contributed by atoms with E-state index < -0.39 is 5.97 Å². The number of aromatic carboxylic acids is 1. The number of pyridine rings is 2. The number of benzene rings is 1. The van der Waals surface area contributed by atoms with Gasteiger partial charge in [0.2, 0.25) is 0 Å². The van der Waals surface area contributed by atoms with Crippen molar-refractivity contribution in [3.8, 4) is 0 Å². The fourth-order valence-corrected chi connectivity index (χ4v) is 3.66. The number of imidazole rings is 1. The van der Waals surface area contributed by atoms with Gasteiger partial charge in [-0.05, 0) is 48.6 Å². The Morgan fingerprint density at radius 1 is 1.04 bits per heavy atom. The molecule has 27 heavy (non-hydrogen) atoms. The first kappa shape index (κ1) is 17.1. The molecule has 0 aliphatic rings. The molecule has 0 saturated heterocycles. The van der Waals surface area contributed by atoms with Crippen LogP contribution in [0.1, 0.15) is 21.9 Å². The molecule has 3 aromatic heterocycles. The number of aromatic nitrogens is 3. The third kappa shape index (κ3) is 3.75. The van der Waals surface area contributed by atoms with Gasteiger partial charge in [-0.25, -0.2) is 9.78 Å². The van der Waals surface area contributed by atoms with Gasteiger partial charge in [0.1, 0.15) is 5.82 Å². The second-order valence-corrected chi connectivity index (χ2v) is 6.88. The second kappa shape index (κ2) is 7.47. The van der Waals surface area contributed by atoms with E-state index in [0.717, 1.165) is 21.9 Å². The van der Waals surface area contributed by atoms with Crippen LogP contribution in [0, 0.1) is 0 Å². The lowest BCUT2D eigenvalue weighted by molar-refractivity contribution is 0.0693. The summed E-state index contributed by atoms with van der Waals surface area (Å²) in [5.74, 6) is -0.122. The Balaban J connectivity index is 1.61. The molecular weight excluding hydrogens is 358 g/mol. The van der Waals surface area contributed by atoms with Crippen molar-refractivity contribution in [1.29, 1.82) is 0 Å². The van der Waals surface area contributed by atoms with Gasteiger partial charge in [0.15, 0.2) is 0 Å². The van der Waals surface area contributed by atoms with E-state index in [4.69, 9.17) is 0 Å². The molecule has 5 nitrogen and oxygen atoms in total. The average Bonchev–Trinajstić information content (AvgIpc) is 3.10. The van der Waals surface area contributed by atoms with Gasteiger partial charge in [-0.1, -0.05) is 30.0 Å². The summed E-state index contributed by atoms with van der Waals surface area (Å²) in [5, 5.41) is 9.33. The Morgan fingerprint density at radius 3 is 2.70 bits per heavy atom. The lowest BCUT2D eigenvalue weighted by Gasteiger charge is -2.06. The molecule has 4 aromatic rings. The Bertz CT molecular complexity index is 1140. The number of carboxylic acids is 1. The summed E-state index contributed by atoms with van der Waals surface area (Å²) in [4.78, 5) is 21.8. The van der Waals surface area contributed by atoms with E-state index in [9.17, 15) is 9.90 Å². The van der Waals surface area contributed by atoms with Gasteiger partial charge in [0.05, 0.1) is 23.0 Å². The van der Waals surface area contributed by atoms with Crippen molar-refractivity contribution in [2.45, 2.75) is 9.79 Å². The van der Waals surface area contributed by atoms with Crippen LogP contribution in [0.25, 0.3) is 17.7 Å². The van der Waals surface area contributed by atoms with Crippen LogP contribution in [0.3, 0.4) is 0 Å². The van der Waals surface area contributed by atoms with E-state index in [0.29, 0.717) is 10.5 Å². The van der Waals surface area contributed by atoms with E-state index in [1.807, 2.05) is 65.2 Å². The van der Waals surface area contributed by atoms with Crippen LogP contribution in [-0.2, 0) is 0 Å². The average molecular weight is 373 g/mol. The summed E-state index contributed by atoms with van der Waals surface area (Å²) in [5.41, 5.74) is 2.11. The van der Waals surface area contributed by atoms with Crippen molar-refractivity contribution in [1.82, 2.24) is 14.4 Å². The van der Waals surface area contributed by atoms with Crippen LogP contribution >= 0.6 is 11.8 Å². The maximum atomic E-state index is 11.4. The molecule has 0 radical (unpaired) electrons. The smallest absolute Gasteiger partial charge is 0.336 e. The molecule has 0 saturated carbocycles. The Kier molecular flexibility index (Phi) is 4.72. The predicted molar refractivity (Wildman–Crippen MR) is 106 cm³/mol. The lowest BCUT2D eigenvalue weighted by atomic mass is 10.2. The highest BCUT2D eigenvalue weighted by Crippen LogP contribution is 2.31. The number of carboxylic acid groups (broad SMARTS) is 1. The third-order valence-corrected chi connectivity index (χ3v) is 5.03. The first-order chi connectivity index (χ1) is 13.2. The number of nitrogens with zero attached hydrogens (tertiary/aromatic N) is 3. The zero-order valence-electron chi connectivity index (χ0n) is 14.2. The summed E-state index contributed by atoms with van der Waals surface area (Å²) in [6, 6.07) is 16.7. The zero-order valence-corrected chi connectivity index (χ0v) is 15.0. The molecule has 4 rings (SSSR count). The van der Waals surface area contributed by atoms with Gasteiger partial charge < -0.3 is 9.51 Å². The Labute approximate surface area is 160 Å². The number of hydrogen-bond donors (Lipinski definition) is 1. The van der Waals surface area contributed by atoms with E-state index in [2.05, 4.69) is 9.97 Å². The molecule has 1 N–H and O–H groups in total. The quantitative estimate of drug-likeness (QED) is 0.547. The fraction of sp³-hybridized carbons (Fsp3) is 0. The molecule has 0 atom stereocenters. The van der Waals surface area contributed by atoms with Crippen LogP contribution in [0.5, 0.6) is 0 Å². The summed E-state index contributed by atoms with van der Waals surface area (Å²) < 4.78 is 1.98. The van der Waals surface area contributed by atoms with Crippen molar-refractivity contribution in [3.05, 3.63) is 90.3 Å². The molecule has 0 aliphatic heterocycles. The minimum Gasteiger partial charge on any atom is -0.478 e. The first-order valence-electron chi connectivity index (χ1n) is 8.27. The highest BCUT2D eigenvalue weighted by molar-refractivity contribution is 7.99. The normalized spacial score (nSPS) is 11.3. The topological polar surface area (TPSA) is 67.5 Å². The van der Waals surface area contributed by atoms with E-state index in [1.165, 1.54) is 11.8 Å². The summed E-state index contributed by atoms with van der Waals surface area (Å²) in [6.07, 6.45) is 9.32. The van der Waals surface area contributed by atoms with Gasteiger partial charge in [-0.3, -0.25) is 4.98 Å². The van der Waals surface area contributed by atoms with Crippen molar-refractivity contribution in [2.24, 2.45) is 0 Å². The SMILES string of the molecule is O=C(O)c1ccccc1Sc1ccn2c(/C=C/c3ccccn3)ncc2c1. The minimum atomic E-state index is -0.925. The minimum absolute atomic E-state index is 0.301. The van der Waals surface area contributed by atoms with Crippen molar-refractivity contribution >= 4 is 35.4 Å². The van der Waals surface area contributed by atoms with Crippen LogP contribution in [-0.4, -0.2) is 25.4 Å². The number of rotatable bonds is 5. The van der Waals surface area contributed by atoms with Crippen molar-refractivity contribution in [2.75, 3.05) is 0 Å². The van der Waals surface area contributed by atoms with Gasteiger partial charge in [-0.15, -0.1) is 0 Å². The van der Waals surface area contributed by atoms with Crippen molar-refractivity contribution in [3.63, 3.8) is 0 Å². The highest BCUT2D eigenvalue weighted by atomic mass is 32.2. The summed E-state index contributed by atoms with van der Waals surface area (Å²) >= 11 is 1.43. The van der Waals surface area contributed by atoms with E-state index in [-0.39, 0.29) is 0 Å². The van der Waals surface area contributed by atoms with E-state index in [1.54, 1.807) is 24.5 Å². The van der Waals surface area contributed by atoms with E-state index >= 15 is 0 Å².